The number of benzene rings is 2. The van der Waals surface area contributed by atoms with E-state index in [0.29, 0.717) is 16.3 Å². The van der Waals surface area contributed by atoms with Crippen LogP contribution >= 0.6 is 11.3 Å². The van der Waals surface area contributed by atoms with Gasteiger partial charge in [0.15, 0.2) is 0 Å². The van der Waals surface area contributed by atoms with Crippen molar-refractivity contribution in [3.63, 3.8) is 0 Å². The van der Waals surface area contributed by atoms with Crippen LogP contribution in [0.15, 0.2) is 83.5 Å². The summed E-state index contributed by atoms with van der Waals surface area (Å²) in [6, 6.07) is 21.8. The summed E-state index contributed by atoms with van der Waals surface area (Å²) in [5, 5.41) is 3.75. The van der Waals surface area contributed by atoms with Gasteiger partial charge in [-0.3, -0.25) is 9.59 Å². The molecule has 6 nitrogen and oxygen atoms in total. The summed E-state index contributed by atoms with van der Waals surface area (Å²) < 4.78 is 5.36. The minimum atomic E-state index is -0.823. The molecule has 0 radical (unpaired) electrons. The Morgan fingerprint density at radius 2 is 1.70 bits per heavy atom. The summed E-state index contributed by atoms with van der Waals surface area (Å²) in [4.78, 5) is 34.0. The summed E-state index contributed by atoms with van der Waals surface area (Å²) >= 11 is 1.35. The number of thiazole rings is 1. The molecule has 2 aromatic heterocycles. The molecule has 4 rings (SSSR count). The van der Waals surface area contributed by atoms with Crippen LogP contribution in [-0.4, -0.2) is 21.7 Å². The first-order valence-corrected chi connectivity index (χ1v) is 11.5. The van der Waals surface area contributed by atoms with Crippen LogP contribution in [0.3, 0.4) is 0 Å². The van der Waals surface area contributed by atoms with Crippen molar-refractivity contribution in [1.29, 1.82) is 0 Å². The number of carbonyl (C=O) groups is 2. The molecule has 0 unspecified atom stereocenters. The van der Waals surface area contributed by atoms with Gasteiger partial charge >= 0.3 is 0 Å². The Morgan fingerprint density at radius 1 is 1.00 bits per heavy atom. The number of nitrogens with one attached hydrogen (secondary N) is 1. The maximum atomic E-state index is 13.8. The summed E-state index contributed by atoms with van der Waals surface area (Å²) in [5.41, 5.74) is 2.34. The number of furan rings is 1. The highest BCUT2D eigenvalue weighted by molar-refractivity contribution is 7.13. The van der Waals surface area contributed by atoms with Gasteiger partial charge in [0.05, 0.1) is 23.5 Å². The maximum Gasteiger partial charge on any atom is 0.267 e. The second kappa shape index (κ2) is 10.3. The van der Waals surface area contributed by atoms with Crippen molar-refractivity contribution in [3.8, 4) is 0 Å². The molecule has 168 valence electrons. The van der Waals surface area contributed by atoms with Crippen LogP contribution in [0.25, 0.3) is 0 Å². The minimum Gasteiger partial charge on any atom is -0.467 e. The lowest BCUT2D eigenvalue weighted by Crippen LogP contribution is -2.43. The Balaban J connectivity index is 1.73. The Morgan fingerprint density at radius 3 is 2.30 bits per heavy atom. The number of aryl methyl sites for hydroxylation is 2. The molecule has 33 heavy (non-hydrogen) atoms. The third-order valence-electron chi connectivity index (χ3n) is 5.25. The lowest BCUT2D eigenvalue weighted by Gasteiger charge is -2.31. The third-order valence-corrected chi connectivity index (χ3v) is 6.31. The van der Waals surface area contributed by atoms with E-state index in [1.54, 1.807) is 23.3 Å². The summed E-state index contributed by atoms with van der Waals surface area (Å²) in [7, 11) is 0. The highest BCUT2D eigenvalue weighted by atomic mass is 32.1. The van der Waals surface area contributed by atoms with E-state index < -0.39 is 6.04 Å². The van der Waals surface area contributed by atoms with Crippen molar-refractivity contribution in [3.05, 3.63) is 112 Å². The fourth-order valence-corrected chi connectivity index (χ4v) is 4.59. The molecule has 0 aliphatic heterocycles. The average molecular weight is 460 g/mol. The van der Waals surface area contributed by atoms with Crippen LogP contribution < -0.4 is 5.32 Å². The van der Waals surface area contributed by atoms with Crippen LogP contribution in [0.1, 0.15) is 43.3 Å². The monoisotopic (exact) mass is 459 g/mol. The third kappa shape index (κ3) is 5.38. The van der Waals surface area contributed by atoms with Gasteiger partial charge in [0.1, 0.15) is 16.7 Å². The number of rotatable bonds is 8. The Labute approximate surface area is 196 Å². The zero-order valence-electron chi connectivity index (χ0n) is 18.5. The largest absolute Gasteiger partial charge is 0.467 e. The molecule has 0 fully saturated rings. The molecule has 0 saturated heterocycles. The molecule has 0 aliphatic carbocycles. The van der Waals surface area contributed by atoms with Gasteiger partial charge in [0.25, 0.3) is 5.91 Å². The van der Waals surface area contributed by atoms with Crippen molar-refractivity contribution < 1.29 is 14.0 Å². The molecule has 0 bridgehead atoms. The molecule has 0 saturated carbocycles. The summed E-state index contributed by atoms with van der Waals surface area (Å²) in [5.74, 6) is 0.148. The van der Waals surface area contributed by atoms with Crippen molar-refractivity contribution >= 4 is 23.2 Å². The van der Waals surface area contributed by atoms with E-state index in [2.05, 4.69) is 10.3 Å². The molecule has 1 atom stereocenters. The highest BCUT2D eigenvalue weighted by Crippen LogP contribution is 2.29. The molecule has 4 aromatic rings. The quantitative estimate of drug-likeness (QED) is 0.400. The zero-order valence-corrected chi connectivity index (χ0v) is 19.3. The molecular weight excluding hydrogens is 434 g/mol. The molecule has 2 amide bonds. The van der Waals surface area contributed by atoms with E-state index in [-0.39, 0.29) is 24.9 Å². The molecule has 7 heteroatoms. The predicted octanol–water partition coefficient (Wildman–Crippen LogP) is 5.05. The normalized spacial score (nSPS) is 11.7. The Hall–Kier alpha value is -3.71. The molecule has 1 N–H and O–H groups in total. The van der Waals surface area contributed by atoms with E-state index in [0.717, 1.165) is 16.1 Å². The molecule has 2 heterocycles. The number of hydrogen-bond donors (Lipinski definition) is 1. The fraction of sp³-hybridized carbons (Fsp3) is 0.192. The van der Waals surface area contributed by atoms with Crippen LogP contribution in [0, 0.1) is 13.8 Å². The van der Waals surface area contributed by atoms with Crippen LogP contribution in [0.4, 0.5) is 0 Å². The highest BCUT2D eigenvalue weighted by Gasteiger charge is 2.33. The van der Waals surface area contributed by atoms with Gasteiger partial charge in [-0.25, -0.2) is 4.98 Å². The first-order chi connectivity index (χ1) is 16.0. The summed E-state index contributed by atoms with van der Waals surface area (Å²) in [6.45, 7) is 4.22. The topological polar surface area (TPSA) is 75.4 Å². The molecule has 2 aromatic carbocycles. The van der Waals surface area contributed by atoms with Crippen molar-refractivity contribution in [2.45, 2.75) is 33.0 Å². The molecule has 0 spiro atoms. The predicted molar refractivity (Wildman–Crippen MR) is 128 cm³/mol. The molecular formula is C26H25N3O3S. The van der Waals surface area contributed by atoms with Crippen LogP contribution in [0.2, 0.25) is 0 Å². The van der Waals surface area contributed by atoms with E-state index in [9.17, 15) is 9.59 Å². The van der Waals surface area contributed by atoms with Crippen molar-refractivity contribution in [2.24, 2.45) is 0 Å². The maximum absolute atomic E-state index is 13.8. The Kier molecular flexibility index (Phi) is 7.00. The molecule has 0 aliphatic rings. The van der Waals surface area contributed by atoms with Crippen molar-refractivity contribution in [1.82, 2.24) is 15.2 Å². The van der Waals surface area contributed by atoms with Crippen molar-refractivity contribution in [2.75, 3.05) is 0 Å². The van der Waals surface area contributed by atoms with E-state index >= 15 is 0 Å². The van der Waals surface area contributed by atoms with Gasteiger partial charge in [0, 0.05) is 6.54 Å². The Bertz CT molecular complexity index is 1200. The van der Waals surface area contributed by atoms with Gasteiger partial charge in [-0.1, -0.05) is 60.7 Å². The van der Waals surface area contributed by atoms with Gasteiger partial charge < -0.3 is 14.6 Å². The number of carbonyl (C=O) groups excluding carboxylic acids is 2. The first-order valence-electron chi connectivity index (χ1n) is 10.7. The second-order valence-electron chi connectivity index (χ2n) is 7.68. The average Bonchev–Trinajstić information content (AvgIpc) is 3.47. The van der Waals surface area contributed by atoms with Crippen LogP contribution in [0.5, 0.6) is 0 Å². The van der Waals surface area contributed by atoms with E-state index in [1.807, 2.05) is 74.5 Å². The smallest absolute Gasteiger partial charge is 0.267 e. The van der Waals surface area contributed by atoms with Gasteiger partial charge in [-0.15, -0.1) is 11.3 Å². The van der Waals surface area contributed by atoms with Gasteiger partial charge in [-0.2, -0.15) is 0 Å². The van der Waals surface area contributed by atoms with Gasteiger partial charge in [0.2, 0.25) is 5.91 Å². The number of nitrogens with zero attached hydrogens (tertiary/aromatic N) is 2. The number of hydrogen-bond acceptors (Lipinski definition) is 5. The van der Waals surface area contributed by atoms with E-state index in [4.69, 9.17) is 4.42 Å². The lowest BCUT2D eigenvalue weighted by molar-refractivity contribution is -0.126. The van der Waals surface area contributed by atoms with Gasteiger partial charge in [-0.05, 0) is 37.1 Å². The standard InChI is InChI=1S/C26H25N3O3S/c1-18-24(33-19(2)28-18)26(31)29(17-20-10-5-3-6-11-20)23(21-12-7-4-8-13-21)25(30)27-16-22-14-9-15-32-22/h3-15,23H,16-17H2,1-2H3,(H,27,30)/t23-/m0/s1. The minimum absolute atomic E-state index is 0.219. The first kappa shape index (κ1) is 22.5. The second-order valence-corrected chi connectivity index (χ2v) is 8.88. The fourth-order valence-electron chi connectivity index (χ4n) is 3.71. The summed E-state index contributed by atoms with van der Waals surface area (Å²) in [6.07, 6.45) is 1.57. The number of amides is 2. The van der Waals surface area contributed by atoms with Crippen LogP contribution in [-0.2, 0) is 17.9 Å². The lowest BCUT2D eigenvalue weighted by atomic mass is 10.0. The SMILES string of the molecule is Cc1nc(C)c(C(=O)N(Cc2ccccc2)[C@H](C(=O)NCc2ccco2)c2ccccc2)s1. The van der Waals surface area contributed by atoms with E-state index in [1.165, 1.54) is 11.3 Å². The number of aromatic nitrogens is 1. The zero-order chi connectivity index (χ0) is 23.2.